The predicted molar refractivity (Wildman–Crippen MR) is 97.1 cm³/mol. The Hall–Kier alpha value is -2.93. The maximum Gasteiger partial charge on any atom is 0.183 e. The molecule has 140 valence electrons. The first-order valence-corrected chi connectivity index (χ1v) is 8.71. The van der Waals surface area contributed by atoms with E-state index in [0.717, 1.165) is 23.6 Å². The Morgan fingerprint density at radius 3 is 2.81 bits per heavy atom. The normalized spacial score (nSPS) is 14.0. The van der Waals surface area contributed by atoms with Gasteiger partial charge in [0.2, 0.25) is 0 Å². The lowest BCUT2D eigenvalue weighted by Crippen LogP contribution is -2.30. The van der Waals surface area contributed by atoms with E-state index in [-0.39, 0.29) is 5.82 Å². The second-order valence-electron chi connectivity index (χ2n) is 6.37. The number of ether oxygens (including phenoxy) is 2. The number of benzene rings is 1. The molecule has 3 heterocycles. The van der Waals surface area contributed by atoms with Gasteiger partial charge in [-0.25, -0.2) is 4.39 Å². The van der Waals surface area contributed by atoms with Crippen LogP contribution in [0, 0.1) is 5.82 Å². The predicted octanol–water partition coefficient (Wildman–Crippen LogP) is 3.45. The topological polar surface area (TPSA) is 60.6 Å². The minimum atomic E-state index is -0.304. The third-order valence-electron chi connectivity index (χ3n) is 4.77. The quantitative estimate of drug-likeness (QED) is 0.687. The summed E-state index contributed by atoms with van der Waals surface area (Å²) in [6.45, 7) is 1.98. The maximum atomic E-state index is 14.2. The molecule has 6 nitrogen and oxygen atoms in total. The number of halogens is 1. The van der Waals surface area contributed by atoms with Crippen molar-refractivity contribution in [3.8, 4) is 22.8 Å². The molecule has 1 aliphatic heterocycles. The Kier molecular flexibility index (Phi) is 4.77. The Labute approximate surface area is 156 Å². The molecule has 3 aromatic rings. The largest absolute Gasteiger partial charge is 0.493 e. The van der Waals surface area contributed by atoms with Crippen LogP contribution < -0.4 is 9.47 Å². The average molecular weight is 369 g/mol. The highest BCUT2D eigenvalue weighted by molar-refractivity contribution is 5.64. The minimum absolute atomic E-state index is 0.304. The summed E-state index contributed by atoms with van der Waals surface area (Å²) in [6.07, 6.45) is 2.42. The number of hydrogen-bond donors (Lipinski definition) is 0. The van der Waals surface area contributed by atoms with Crippen molar-refractivity contribution in [3.05, 3.63) is 59.4 Å². The summed E-state index contributed by atoms with van der Waals surface area (Å²) in [5, 5.41) is 4.13. The fourth-order valence-electron chi connectivity index (χ4n) is 3.44. The van der Waals surface area contributed by atoms with E-state index in [1.54, 1.807) is 44.7 Å². The van der Waals surface area contributed by atoms with E-state index in [0.29, 0.717) is 42.3 Å². The lowest BCUT2D eigenvalue weighted by atomic mass is 10.0. The highest BCUT2D eigenvalue weighted by Gasteiger charge is 2.27. The van der Waals surface area contributed by atoms with E-state index >= 15 is 0 Å². The van der Waals surface area contributed by atoms with Crippen molar-refractivity contribution in [2.24, 2.45) is 0 Å². The van der Waals surface area contributed by atoms with Gasteiger partial charge >= 0.3 is 0 Å². The van der Waals surface area contributed by atoms with Gasteiger partial charge in [0.1, 0.15) is 23.0 Å². The first kappa shape index (κ1) is 17.5. The zero-order chi connectivity index (χ0) is 18.8. The first-order chi connectivity index (χ1) is 13.2. The van der Waals surface area contributed by atoms with E-state index in [2.05, 4.69) is 15.0 Å². The molecule has 0 aliphatic carbocycles. The monoisotopic (exact) mass is 369 g/mol. The van der Waals surface area contributed by atoms with Gasteiger partial charge < -0.3 is 14.0 Å². The van der Waals surface area contributed by atoms with Crippen LogP contribution in [-0.2, 0) is 19.5 Å². The standard InChI is InChI=1S/C20H20FN3O3/c1-25-18-7-9-22-16(20(18)26-2)12-24-10-8-17-14(11-24)19(23-27-17)13-5-3-4-6-15(13)21/h3-7,9H,8,10-12H2,1-2H3. The number of aromatic nitrogens is 2. The van der Waals surface area contributed by atoms with Crippen molar-refractivity contribution in [2.75, 3.05) is 20.8 Å². The Morgan fingerprint density at radius 2 is 2.04 bits per heavy atom. The fraction of sp³-hybridized carbons (Fsp3) is 0.300. The van der Waals surface area contributed by atoms with E-state index in [4.69, 9.17) is 14.0 Å². The summed E-state index contributed by atoms with van der Waals surface area (Å²) in [4.78, 5) is 6.66. The zero-order valence-corrected chi connectivity index (χ0v) is 15.2. The molecule has 0 spiro atoms. The van der Waals surface area contributed by atoms with Gasteiger partial charge in [0.25, 0.3) is 0 Å². The van der Waals surface area contributed by atoms with Crippen LogP contribution in [0.2, 0.25) is 0 Å². The van der Waals surface area contributed by atoms with E-state index in [1.165, 1.54) is 6.07 Å². The number of hydrogen-bond acceptors (Lipinski definition) is 6. The van der Waals surface area contributed by atoms with Crippen molar-refractivity contribution in [3.63, 3.8) is 0 Å². The van der Waals surface area contributed by atoms with Crippen molar-refractivity contribution in [1.82, 2.24) is 15.0 Å². The van der Waals surface area contributed by atoms with Gasteiger partial charge in [-0.3, -0.25) is 9.88 Å². The number of methoxy groups -OCH3 is 2. The second kappa shape index (κ2) is 7.36. The molecule has 7 heteroatoms. The second-order valence-corrected chi connectivity index (χ2v) is 6.37. The van der Waals surface area contributed by atoms with Crippen LogP contribution in [0.1, 0.15) is 17.0 Å². The average Bonchev–Trinajstić information content (AvgIpc) is 3.11. The van der Waals surface area contributed by atoms with Gasteiger partial charge in [-0.05, 0) is 12.1 Å². The molecule has 0 radical (unpaired) electrons. The van der Waals surface area contributed by atoms with Crippen LogP contribution in [0.15, 0.2) is 41.1 Å². The lowest BCUT2D eigenvalue weighted by molar-refractivity contribution is 0.222. The highest BCUT2D eigenvalue weighted by Crippen LogP contribution is 2.34. The van der Waals surface area contributed by atoms with Crippen LogP contribution in [0.5, 0.6) is 11.5 Å². The zero-order valence-electron chi connectivity index (χ0n) is 15.2. The summed E-state index contributed by atoms with van der Waals surface area (Å²) in [7, 11) is 3.21. The van der Waals surface area contributed by atoms with Gasteiger partial charge in [0, 0.05) is 49.4 Å². The molecule has 2 aromatic heterocycles. The molecule has 27 heavy (non-hydrogen) atoms. The van der Waals surface area contributed by atoms with Crippen LogP contribution in [0.3, 0.4) is 0 Å². The van der Waals surface area contributed by atoms with Crippen molar-refractivity contribution in [1.29, 1.82) is 0 Å². The molecule has 0 bridgehead atoms. The van der Waals surface area contributed by atoms with E-state index in [9.17, 15) is 4.39 Å². The van der Waals surface area contributed by atoms with Crippen LogP contribution >= 0.6 is 0 Å². The van der Waals surface area contributed by atoms with Crippen molar-refractivity contribution in [2.45, 2.75) is 19.5 Å². The summed E-state index contributed by atoms with van der Waals surface area (Å²) in [5.41, 5.74) is 2.75. The molecule has 0 saturated carbocycles. The Balaban J connectivity index is 1.61. The number of rotatable bonds is 5. The molecule has 0 saturated heterocycles. The molecule has 0 fully saturated rings. The molecule has 0 N–H and O–H groups in total. The lowest BCUT2D eigenvalue weighted by Gasteiger charge is -2.26. The molecule has 0 atom stereocenters. The van der Waals surface area contributed by atoms with Gasteiger partial charge in [0.15, 0.2) is 11.5 Å². The van der Waals surface area contributed by atoms with Gasteiger partial charge in [-0.2, -0.15) is 0 Å². The molecular formula is C20H20FN3O3. The van der Waals surface area contributed by atoms with Crippen LogP contribution in [-0.4, -0.2) is 35.8 Å². The maximum absolute atomic E-state index is 14.2. The van der Waals surface area contributed by atoms with Crippen molar-refractivity contribution >= 4 is 0 Å². The third kappa shape index (κ3) is 3.26. The number of pyridine rings is 1. The molecule has 4 rings (SSSR count). The summed E-state index contributed by atoms with van der Waals surface area (Å²) >= 11 is 0. The molecule has 1 aliphatic rings. The van der Waals surface area contributed by atoms with Gasteiger partial charge in [-0.15, -0.1) is 0 Å². The highest BCUT2D eigenvalue weighted by atomic mass is 19.1. The van der Waals surface area contributed by atoms with Crippen molar-refractivity contribution < 1.29 is 18.4 Å². The van der Waals surface area contributed by atoms with E-state index < -0.39 is 0 Å². The van der Waals surface area contributed by atoms with E-state index in [1.807, 2.05) is 0 Å². The van der Waals surface area contributed by atoms with Gasteiger partial charge in [-0.1, -0.05) is 17.3 Å². The Morgan fingerprint density at radius 1 is 1.19 bits per heavy atom. The summed E-state index contributed by atoms with van der Waals surface area (Å²) < 4.78 is 30.5. The molecule has 1 aromatic carbocycles. The SMILES string of the molecule is COc1ccnc(CN2CCc3onc(-c4ccccc4F)c3C2)c1OC. The minimum Gasteiger partial charge on any atom is -0.493 e. The summed E-state index contributed by atoms with van der Waals surface area (Å²) in [6, 6.07) is 8.39. The van der Waals surface area contributed by atoms with Gasteiger partial charge in [0.05, 0.1) is 14.2 Å². The first-order valence-electron chi connectivity index (χ1n) is 8.71. The number of fused-ring (bicyclic) bond motifs is 1. The molecule has 0 amide bonds. The molecule has 0 unspecified atom stereocenters. The third-order valence-corrected chi connectivity index (χ3v) is 4.77. The summed E-state index contributed by atoms with van der Waals surface area (Å²) in [5.74, 6) is 1.79. The number of nitrogens with zero attached hydrogens (tertiary/aromatic N) is 3. The van der Waals surface area contributed by atoms with Crippen LogP contribution in [0.25, 0.3) is 11.3 Å². The molecular weight excluding hydrogens is 349 g/mol. The fourth-order valence-corrected chi connectivity index (χ4v) is 3.44. The van der Waals surface area contributed by atoms with Crippen LogP contribution in [0.4, 0.5) is 4.39 Å². The Bertz CT molecular complexity index is 957. The smallest absolute Gasteiger partial charge is 0.183 e.